The predicted molar refractivity (Wildman–Crippen MR) is 77.5 cm³/mol. The van der Waals surface area contributed by atoms with Gasteiger partial charge in [0.25, 0.3) is 0 Å². The number of carboxylic acid groups (broad SMARTS) is 1. The average molecular weight is 278 g/mol. The molecule has 0 spiro atoms. The highest BCUT2D eigenvalue weighted by Gasteiger charge is 2.16. The van der Waals surface area contributed by atoms with Gasteiger partial charge in [-0.1, -0.05) is 32.6 Å². The van der Waals surface area contributed by atoms with Crippen molar-refractivity contribution >= 4 is 11.8 Å². The third kappa shape index (κ3) is 4.37. The standard InChI is InChI=1S/C16H22O4/c1-3-4-5-6-7-8-14(17)12-9-11(2)15(18)13(10-12)16(19)20/h9-10,18H,3-8H2,1-2H3,(H,19,20). The van der Waals surface area contributed by atoms with E-state index < -0.39 is 5.97 Å². The van der Waals surface area contributed by atoms with E-state index in [1.54, 1.807) is 13.0 Å². The second-order valence-corrected chi connectivity index (χ2v) is 5.08. The molecule has 0 aliphatic heterocycles. The molecule has 1 aromatic rings. The lowest BCUT2D eigenvalue weighted by molar-refractivity contribution is 0.0693. The van der Waals surface area contributed by atoms with Gasteiger partial charge >= 0.3 is 5.97 Å². The third-order valence-corrected chi connectivity index (χ3v) is 3.36. The van der Waals surface area contributed by atoms with Crippen molar-refractivity contribution in [2.24, 2.45) is 0 Å². The molecule has 4 nitrogen and oxygen atoms in total. The SMILES string of the molecule is CCCCCCCC(=O)c1cc(C)c(O)c(C(=O)O)c1. The zero-order chi connectivity index (χ0) is 15.1. The van der Waals surface area contributed by atoms with Crippen molar-refractivity contribution in [3.05, 3.63) is 28.8 Å². The van der Waals surface area contributed by atoms with Crippen molar-refractivity contribution in [3.63, 3.8) is 0 Å². The zero-order valence-corrected chi connectivity index (χ0v) is 12.1. The van der Waals surface area contributed by atoms with Gasteiger partial charge in [0.15, 0.2) is 5.78 Å². The van der Waals surface area contributed by atoms with Crippen molar-refractivity contribution in [1.29, 1.82) is 0 Å². The van der Waals surface area contributed by atoms with E-state index in [4.69, 9.17) is 5.11 Å². The largest absolute Gasteiger partial charge is 0.507 e. The van der Waals surface area contributed by atoms with Crippen LogP contribution in [0, 0.1) is 6.92 Å². The molecule has 110 valence electrons. The fourth-order valence-electron chi connectivity index (χ4n) is 2.14. The second kappa shape index (κ2) is 7.68. The topological polar surface area (TPSA) is 74.6 Å². The van der Waals surface area contributed by atoms with Gasteiger partial charge < -0.3 is 10.2 Å². The Bertz CT molecular complexity index is 491. The number of rotatable bonds is 8. The summed E-state index contributed by atoms with van der Waals surface area (Å²) in [6.45, 7) is 3.73. The molecule has 0 unspecified atom stereocenters. The molecule has 0 aliphatic rings. The summed E-state index contributed by atoms with van der Waals surface area (Å²) < 4.78 is 0. The Balaban J connectivity index is 2.71. The molecule has 20 heavy (non-hydrogen) atoms. The van der Waals surface area contributed by atoms with Crippen LogP contribution < -0.4 is 0 Å². The maximum atomic E-state index is 12.0. The maximum Gasteiger partial charge on any atom is 0.339 e. The summed E-state index contributed by atoms with van der Waals surface area (Å²) in [5.41, 5.74) is 0.576. The summed E-state index contributed by atoms with van der Waals surface area (Å²) in [5.74, 6) is -1.55. The van der Waals surface area contributed by atoms with Crippen LogP contribution in [0.2, 0.25) is 0 Å². The smallest absolute Gasteiger partial charge is 0.339 e. The quantitative estimate of drug-likeness (QED) is 0.558. The third-order valence-electron chi connectivity index (χ3n) is 3.36. The summed E-state index contributed by atoms with van der Waals surface area (Å²) in [5, 5.41) is 18.7. The van der Waals surface area contributed by atoms with E-state index in [1.807, 2.05) is 0 Å². The molecule has 0 atom stereocenters. The first-order chi connectivity index (χ1) is 9.47. The lowest BCUT2D eigenvalue weighted by Crippen LogP contribution is -2.05. The van der Waals surface area contributed by atoms with Gasteiger partial charge in [-0.2, -0.15) is 0 Å². The first-order valence-corrected chi connectivity index (χ1v) is 7.07. The Morgan fingerprint density at radius 2 is 1.75 bits per heavy atom. The highest BCUT2D eigenvalue weighted by Crippen LogP contribution is 2.25. The summed E-state index contributed by atoms with van der Waals surface area (Å²) in [7, 11) is 0. The van der Waals surface area contributed by atoms with Crippen LogP contribution in [0.4, 0.5) is 0 Å². The van der Waals surface area contributed by atoms with E-state index in [9.17, 15) is 14.7 Å². The first-order valence-electron chi connectivity index (χ1n) is 7.07. The molecule has 0 radical (unpaired) electrons. The van der Waals surface area contributed by atoms with Crippen LogP contribution in [0.5, 0.6) is 5.75 Å². The average Bonchev–Trinajstić information content (AvgIpc) is 2.40. The molecule has 0 saturated heterocycles. The summed E-state index contributed by atoms with van der Waals surface area (Å²) in [6, 6.07) is 2.81. The minimum absolute atomic E-state index is 0.0629. The molecule has 0 heterocycles. The molecule has 0 amide bonds. The van der Waals surface area contributed by atoms with E-state index in [-0.39, 0.29) is 17.1 Å². The Hall–Kier alpha value is -1.84. The number of hydrogen-bond donors (Lipinski definition) is 2. The number of ketones is 1. The molecular weight excluding hydrogens is 256 g/mol. The van der Waals surface area contributed by atoms with Gasteiger partial charge in [-0.15, -0.1) is 0 Å². The van der Waals surface area contributed by atoms with Gasteiger partial charge in [-0.25, -0.2) is 4.79 Å². The Morgan fingerprint density at radius 1 is 1.10 bits per heavy atom. The zero-order valence-electron chi connectivity index (χ0n) is 12.1. The molecule has 2 N–H and O–H groups in total. The maximum absolute atomic E-state index is 12.0. The molecular formula is C16H22O4. The van der Waals surface area contributed by atoms with Crippen molar-refractivity contribution in [2.75, 3.05) is 0 Å². The van der Waals surface area contributed by atoms with Crippen LogP contribution in [-0.2, 0) is 0 Å². The number of unbranched alkanes of at least 4 members (excludes halogenated alkanes) is 4. The van der Waals surface area contributed by atoms with E-state index in [0.717, 1.165) is 25.7 Å². The lowest BCUT2D eigenvalue weighted by Gasteiger charge is -2.07. The van der Waals surface area contributed by atoms with Gasteiger partial charge in [0.1, 0.15) is 11.3 Å². The van der Waals surface area contributed by atoms with Crippen LogP contribution in [0.1, 0.15) is 71.7 Å². The van der Waals surface area contributed by atoms with E-state index in [2.05, 4.69) is 6.92 Å². The van der Waals surface area contributed by atoms with Crippen LogP contribution in [-0.4, -0.2) is 22.0 Å². The predicted octanol–water partition coefficient (Wildman–Crippen LogP) is 3.94. The molecule has 0 aromatic heterocycles. The molecule has 1 rings (SSSR count). The number of carbonyl (C=O) groups is 2. The molecule has 0 saturated carbocycles. The second-order valence-electron chi connectivity index (χ2n) is 5.08. The number of phenols is 1. The number of hydrogen-bond acceptors (Lipinski definition) is 3. The molecule has 1 aromatic carbocycles. The van der Waals surface area contributed by atoms with Crippen LogP contribution in [0.3, 0.4) is 0 Å². The molecule has 0 aliphatic carbocycles. The molecule has 4 heteroatoms. The molecule has 0 fully saturated rings. The van der Waals surface area contributed by atoms with E-state index in [0.29, 0.717) is 17.5 Å². The van der Waals surface area contributed by atoms with Crippen molar-refractivity contribution in [3.8, 4) is 5.75 Å². The normalized spacial score (nSPS) is 10.5. The lowest BCUT2D eigenvalue weighted by atomic mass is 9.99. The van der Waals surface area contributed by atoms with Gasteiger partial charge in [0.2, 0.25) is 0 Å². The van der Waals surface area contributed by atoms with E-state index >= 15 is 0 Å². The monoisotopic (exact) mass is 278 g/mol. The van der Waals surface area contributed by atoms with Gasteiger partial charge in [0.05, 0.1) is 0 Å². The Labute approximate surface area is 119 Å². The van der Waals surface area contributed by atoms with Crippen molar-refractivity contribution in [2.45, 2.75) is 52.4 Å². The summed E-state index contributed by atoms with van der Waals surface area (Å²) in [6.07, 6.45) is 5.72. The van der Waals surface area contributed by atoms with Gasteiger partial charge in [-0.3, -0.25) is 4.79 Å². The number of carbonyl (C=O) groups excluding carboxylic acids is 1. The van der Waals surface area contributed by atoms with Crippen LogP contribution in [0.15, 0.2) is 12.1 Å². The Kier molecular flexibility index (Phi) is 6.22. The molecule has 0 bridgehead atoms. The number of aryl methyl sites for hydroxylation is 1. The summed E-state index contributed by atoms with van der Waals surface area (Å²) >= 11 is 0. The van der Waals surface area contributed by atoms with Crippen LogP contribution >= 0.6 is 0 Å². The number of aromatic carboxylic acids is 1. The van der Waals surface area contributed by atoms with Crippen LogP contribution in [0.25, 0.3) is 0 Å². The fourth-order valence-corrected chi connectivity index (χ4v) is 2.14. The van der Waals surface area contributed by atoms with Crippen molar-refractivity contribution in [1.82, 2.24) is 0 Å². The highest BCUT2D eigenvalue weighted by atomic mass is 16.4. The first kappa shape index (κ1) is 16.2. The van der Waals surface area contributed by atoms with E-state index in [1.165, 1.54) is 12.5 Å². The number of carboxylic acids is 1. The minimum Gasteiger partial charge on any atom is -0.507 e. The minimum atomic E-state index is -1.22. The number of aromatic hydroxyl groups is 1. The van der Waals surface area contributed by atoms with Gasteiger partial charge in [-0.05, 0) is 31.0 Å². The number of benzene rings is 1. The summed E-state index contributed by atoms with van der Waals surface area (Å²) in [4.78, 5) is 23.1. The van der Waals surface area contributed by atoms with Crippen molar-refractivity contribution < 1.29 is 19.8 Å². The Morgan fingerprint density at radius 3 is 2.35 bits per heavy atom. The number of Topliss-reactive ketones (excluding diaryl/α,β-unsaturated/α-hetero) is 1. The fraction of sp³-hybridized carbons (Fsp3) is 0.500. The highest BCUT2D eigenvalue weighted by molar-refractivity contribution is 6.00. The van der Waals surface area contributed by atoms with Gasteiger partial charge in [0, 0.05) is 12.0 Å².